The SMILES string of the molecule is COc1cccc(N=CC(=NN)c2cc3ccccc3[nH]c2=O)c1. The molecule has 0 amide bonds. The summed E-state index contributed by atoms with van der Waals surface area (Å²) in [5.41, 5.74) is 1.82. The Kier molecular flexibility index (Phi) is 4.38. The molecular weight excluding hydrogens is 304 g/mol. The van der Waals surface area contributed by atoms with Crippen LogP contribution in [-0.2, 0) is 0 Å². The van der Waals surface area contributed by atoms with Crippen LogP contribution < -0.4 is 16.1 Å². The Morgan fingerprint density at radius 1 is 1.17 bits per heavy atom. The van der Waals surface area contributed by atoms with Gasteiger partial charge >= 0.3 is 0 Å². The molecule has 1 aromatic heterocycles. The van der Waals surface area contributed by atoms with E-state index in [1.54, 1.807) is 19.2 Å². The van der Waals surface area contributed by atoms with E-state index in [0.29, 0.717) is 22.7 Å². The number of pyridine rings is 1. The molecule has 0 atom stereocenters. The first kappa shape index (κ1) is 15.5. The zero-order valence-electron chi connectivity index (χ0n) is 13.1. The monoisotopic (exact) mass is 320 g/mol. The van der Waals surface area contributed by atoms with Gasteiger partial charge in [-0.25, -0.2) is 0 Å². The van der Waals surface area contributed by atoms with Crippen LogP contribution in [0.1, 0.15) is 5.56 Å². The number of nitrogens with two attached hydrogens (primary N) is 1. The Hall–Kier alpha value is -3.41. The number of rotatable bonds is 4. The Morgan fingerprint density at radius 2 is 2.00 bits per heavy atom. The topological polar surface area (TPSA) is 92.8 Å². The Balaban J connectivity index is 1.98. The lowest BCUT2D eigenvalue weighted by Crippen LogP contribution is -2.20. The van der Waals surface area contributed by atoms with Crippen molar-refractivity contribution in [2.45, 2.75) is 0 Å². The predicted molar refractivity (Wildman–Crippen MR) is 96.4 cm³/mol. The van der Waals surface area contributed by atoms with Crippen molar-refractivity contribution in [3.8, 4) is 5.75 Å². The smallest absolute Gasteiger partial charge is 0.258 e. The van der Waals surface area contributed by atoms with E-state index in [2.05, 4.69) is 15.1 Å². The Morgan fingerprint density at radius 3 is 2.79 bits per heavy atom. The summed E-state index contributed by atoms with van der Waals surface area (Å²) in [5.74, 6) is 6.15. The van der Waals surface area contributed by atoms with Crippen molar-refractivity contribution in [3.05, 3.63) is 70.5 Å². The van der Waals surface area contributed by atoms with Gasteiger partial charge in [-0.05, 0) is 29.7 Å². The Bertz CT molecular complexity index is 989. The number of hydrogen-bond donors (Lipinski definition) is 2. The third-order valence-corrected chi connectivity index (χ3v) is 3.56. The molecule has 0 unspecified atom stereocenters. The van der Waals surface area contributed by atoms with E-state index in [1.807, 2.05) is 42.5 Å². The van der Waals surface area contributed by atoms with Gasteiger partial charge in [0.15, 0.2) is 0 Å². The van der Waals surface area contributed by atoms with E-state index in [1.165, 1.54) is 6.21 Å². The molecule has 0 bridgehead atoms. The van der Waals surface area contributed by atoms with Crippen LogP contribution in [0.2, 0.25) is 0 Å². The van der Waals surface area contributed by atoms with Crippen molar-refractivity contribution >= 4 is 28.5 Å². The van der Waals surface area contributed by atoms with Gasteiger partial charge in [0.05, 0.1) is 24.6 Å². The largest absolute Gasteiger partial charge is 0.497 e. The minimum absolute atomic E-state index is 0.269. The maximum atomic E-state index is 12.3. The molecule has 120 valence electrons. The standard InChI is InChI=1S/C18H16N4O2/c1-24-14-7-4-6-13(10-14)20-11-17(22-19)15-9-12-5-2-3-8-16(12)21-18(15)23/h2-11H,19H2,1H3,(H,21,23). The van der Waals surface area contributed by atoms with Crippen molar-refractivity contribution in [2.75, 3.05) is 7.11 Å². The summed E-state index contributed by atoms with van der Waals surface area (Å²) >= 11 is 0. The second-order valence-corrected chi connectivity index (χ2v) is 5.07. The highest BCUT2D eigenvalue weighted by Crippen LogP contribution is 2.19. The van der Waals surface area contributed by atoms with Gasteiger partial charge in [0.1, 0.15) is 11.5 Å². The molecule has 0 fully saturated rings. The second-order valence-electron chi connectivity index (χ2n) is 5.07. The highest BCUT2D eigenvalue weighted by molar-refractivity contribution is 6.38. The average molecular weight is 320 g/mol. The number of methoxy groups -OCH3 is 1. The second kappa shape index (κ2) is 6.78. The number of para-hydroxylation sites is 1. The number of hydrogen-bond acceptors (Lipinski definition) is 5. The number of fused-ring (bicyclic) bond motifs is 1. The van der Waals surface area contributed by atoms with Gasteiger partial charge in [-0.15, -0.1) is 0 Å². The van der Waals surface area contributed by atoms with E-state index in [-0.39, 0.29) is 5.56 Å². The molecule has 0 saturated carbocycles. The van der Waals surface area contributed by atoms with Gasteiger partial charge in [-0.2, -0.15) is 5.10 Å². The zero-order valence-corrected chi connectivity index (χ0v) is 13.1. The molecule has 3 rings (SSSR count). The summed E-state index contributed by atoms with van der Waals surface area (Å²) in [6, 6.07) is 16.5. The number of hydrazone groups is 1. The molecule has 0 aliphatic rings. The summed E-state index contributed by atoms with van der Waals surface area (Å²) in [6.07, 6.45) is 1.47. The van der Waals surface area contributed by atoms with Crippen LogP contribution in [-0.4, -0.2) is 24.0 Å². The van der Waals surface area contributed by atoms with Gasteiger partial charge in [0.2, 0.25) is 0 Å². The Labute approximate surface area is 138 Å². The lowest BCUT2D eigenvalue weighted by molar-refractivity contribution is 0.415. The molecule has 6 heteroatoms. The van der Waals surface area contributed by atoms with E-state index in [0.717, 1.165) is 10.9 Å². The molecule has 3 N–H and O–H groups in total. The number of H-pyrrole nitrogens is 1. The number of benzene rings is 2. The van der Waals surface area contributed by atoms with Gasteiger partial charge in [-0.3, -0.25) is 9.79 Å². The van der Waals surface area contributed by atoms with E-state index >= 15 is 0 Å². The summed E-state index contributed by atoms with van der Waals surface area (Å²) in [4.78, 5) is 19.4. The van der Waals surface area contributed by atoms with Gasteiger partial charge in [0, 0.05) is 11.6 Å². The van der Waals surface area contributed by atoms with Crippen LogP contribution in [0.4, 0.5) is 5.69 Å². The van der Waals surface area contributed by atoms with E-state index in [4.69, 9.17) is 10.6 Å². The highest BCUT2D eigenvalue weighted by Gasteiger charge is 2.08. The highest BCUT2D eigenvalue weighted by atomic mass is 16.5. The minimum atomic E-state index is -0.269. The first-order valence-electron chi connectivity index (χ1n) is 7.29. The third-order valence-electron chi connectivity index (χ3n) is 3.56. The lowest BCUT2D eigenvalue weighted by Gasteiger charge is -2.03. The van der Waals surface area contributed by atoms with Crippen LogP contribution in [0.15, 0.2) is 69.5 Å². The molecular formula is C18H16N4O2. The van der Waals surface area contributed by atoms with Crippen LogP contribution in [0.5, 0.6) is 5.75 Å². The van der Waals surface area contributed by atoms with Crippen molar-refractivity contribution in [2.24, 2.45) is 15.9 Å². The van der Waals surface area contributed by atoms with Crippen molar-refractivity contribution in [1.29, 1.82) is 0 Å². The number of nitrogens with zero attached hydrogens (tertiary/aromatic N) is 2. The fourth-order valence-electron chi connectivity index (χ4n) is 2.34. The summed E-state index contributed by atoms with van der Waals surface area (Å²) < 4.78 is 5.16. The van der Waals surface area contributed by atoms with Crippen LogP contribution in [0.3, 0.4) is 0 Å². The number of aliphatic imine (C=N–C) groups is 1. The summed E-state index contributed by atoms with van der Waals surface area (Å²) in [6.45, 7) is 0. The lowest BCUT2D eigenvalue weighted by atomic mass is 10.1. The average Bonchev–Trinajstić information content (AvgIpc) is 2.62. The van der Waals surface area contributed by atoms with Crippen molar-refractivity contribution < 1.29 is 4.74 Å². The molecule has 24 heavy (non-hydrogen) atoms. The molecule has 1 heterocycles. The molecule has 0 spiro atoms. The van der Waals surface area contributed by atoms with Crippen molar-refractivity contribution in [1.82, 2.24) is 4.98 Å². The number of aromatic amines is 1. The maximum absolute atomic E-state index is 12.3. The van der Waals surface area contributed by atoms with E-state index < -0.39 is 0 Å². The molecule has 0 aliphatic heterocycles. The quantitative estimate of drug-likeness (QED) is 0.439. The molecule has 0 radical (unpaired) electrons. The first-order chi connectivity index (χ1) is 11.7. The fourth-order valence-corrected chi connectivity index (χ4v) is 2.34. The minimum Gasteiger partial charge on any atom is -0.497 e. The molecule has 3 aromatic rings. The molecule has 0 saturated heterocycles. The zero-order chi connectivity index (χ0) is 16.9. The summed E-state index contributed by atoms with van der Waals surface area (Å²) in [5, 5.41) is 4.59. The molecule has 6 nitrogen and oxygen atoms in total. The summed E-state index contributed by atoms with van der Waals surface area (Å²) in [7, 11) is 1.59. The predicted octanol–water partition coefficient (Wildman–Crippen LogP) is 2.60. The fraction of sp³-hybridized carbons (Fsp3) is 0.0556. The van der Waals surface area contributed by atoms with E-state index in [9.17, 15) is 4.79 Å². The number of ether oxygens (including phenoxy) is 1. The first-order valence-corrected chi connectivity index (χ1v) is 7.29. The molecule has 2 aromatic carbocycles. The normalized spacial score (nSPS) is 12.0. The van der Waals surface area contributed by atoms with Gasteiger partial charge in [-0.1, -0.05) is 24.3 Å². The van der Waals surface area contributed by atoms with Crippen LogP contribution >= 0.6 is 0 Å². The molecule has 0 aliphatic carbocycles. The number of nitrogens with one attached hydrogen (secondary N) is 1. The van der Waals surface area contributed by atoms with Crippen molar-refractivity contribution in [3.63, 3.8) is 0 Å². The van der Waals surface area contributed by atoms with Gasteiger partial charge < -0.3 is 15.6 Å². The van der Waals surface area contributed by atoms with Gasteiger partial charge in [0.25, 0.3) is 5.56 Å². The van der Waals surface area contributed by atoms with Crippen LogP contribution in [0, 0.1) is 0 Å². The number of aromatic nitrogens is 1. The third kappa shape index (κ3) is 3.17. The maximum Gasteiger partial charge on any atom is 0.258 e. The van der Waals surface area contributed by atoms with Crippen LogP contribution in [0.25, 0.3) is 10.9 Å².